The molecule has 0 bridgehead atoms. The highest BCUT2D eigenvalue weighted by Crippen LogP contribution is 2.32. The van der Waals surface area contributed by atoms with E-state index in [1.165, 1.54) is 38.6 Å². The summed E-state index contributed by atoms with van der Waals surface area (Å²) in [6.07, 6.45) is 6.17. The van der Waals surface area contributed by atoms with Crippen LogP contribution in [0.25, 0.3) is 0 Å². The summed E-state index contributed by atoms with van der Waals surface area (Å²) in [5.74, 6) is 0. The number of carbonyl (C=O) groups excluding carboxylic acids is 1. The first-order valence-electron chi connectivity index (χ1n) is 7.18. The van der Waals surface area contributed by atoms with Crippen molar-refractivity contribution in [3.05, 3.63) is 0 Å². The molecule has 104 valence electrons. The van der Waals surface area contributed by atoms with E-state index >= 15 is 0 Å². The molecule has 1 N–H and O–H groups in total. The maximum Gasteiger partial charge on any atom is 0.407 e. The highest BCUT2D eigenvalue weighted by Gasteiger charge is 2.35. The maximum absolute atomic E-state index is 11.6. The first kappa shape index (κ1) is 13.7. The maximum atomic E-state index is 11.6. The van der Waals surface area contributed by atoms with E-state index in [0.717, 1.165) is 12.6 Å². The molecule has 1 atom stereocenters. The van der Waals surface area contributed by atoms with E-state index in [-0.39, 0.29) is 6.09 Å². The van der Waals surface area contributed by atoms with Crippen molar-refractivity contribution in [2.45, 2.75) is 70.6 Å². The zero-order valence-electron chi connectivity index (χ0n) is 11.9. The van der Waals surface area contributed by atoms with Crippen LogP contribution in [0.5, 0.6) is 0 Å². The number of hydrogen-bond donors (Lipinski definition) is 1. The fourth-order valence-electron chi connectivity index (χ4n) is 2.64. The lowest BCUT2D eigenvalue weighted by Crippen LogP contribution is -2.48. The van der Waals surface area contributed by atoms with Gasteiger partial charge in [0, 0.05) is 18.6 Å². The van der Waals surface area contributed by atoms with Gasteiger partial charge in [-0.1, -0.05) is 6.42 Å². The Balaban J connectivity index is 1.75. The SMILES string of the molecule is CC(C)(C)OC(=O)NCC1CCCCN1C1CC1. The molecule has 0 aromatic rings. The molecule has 2 fully saturated rings. The van der Waals surface area contributed by atoms with Crippen molar-refractivity contribution < 1.29 is 9.53 Å². The topological polar surface area (TPSA) is 41.6 Å². The van der Waals surface area contributed by atoms with Crippen molar-refractivity contribution in [3.63, 3.8) is 0 Å². The third-order valence-corrected chi connectivity index (χ3v) is 3.57. The minimum Gasteiger partial charge on any atom is -0.444 e. The Labute approximate surface area is 110 Å². The number of ether oxygens (including phenoxy) is 1. The molecule has 4 nitrogen and oxygen atoms in total. The Kier molecular flexibility index (Phi) is 4.15. The van der Waals surface area contributed by atoms with E-state index in [9.17, 15) is 4.79 Å². The minimum atomic E-state index is -0.410. The zero-order valence-corrected chi connectivity index (χ0v) is 11.9. The number of carbonyl (C=O) groups is 1. The van der Waals surface area contributed by atoms with Crippen LogP contribution >= 0.6 is 0 Å². The molecule has 0 radical (unpaired) electrons. The van der Waals surface area contributed by atoms with Gasteiger partial charge in [-0.3, -0.25) is 4.90 Å². The molecular formula is C14H26N2O2. The third kappa shape index (κ3) is 4.16. The molecule has 1 aliphatic heterocycles. The van der Waals surface area contributed by atoms with E-state index < -0.39 is 5.60 Å². The molecule has 2 aliphatic rings. The van der Waals surface area contributed by atoms with Gasteiger partial charge >= 0.3 is 6.09 Å². The number of alkyl carbamates (subject to hydrolysis) is 1. The minimum absolute atomic E-state index is 0.288. The first-order valence-corrected chi connectivity index (χ1v) is 7.18. The first-order chi connectivity index (χ1) is 8.46. The molecule has 0 aromatic carbocycles. The molecule has 4 heteroatoms. The lowest BCUT2D eigenvalue weighted by atomic mass is 10.0. The Bertz CT molecular complexity index is 295. The standard InChI is InChI=1S/C14H26N2O2/c1-14(2,3)18-13(17)15-10-12-6-4-5-9-16(12)11-7-8-11/h11-12H,4-10H2,1-3H3,(H,15,17). The van der Waals surface area contributed by atoms with Crippen molar-refractivity contribution in [1.29, 1.82) is 0 Å². The quantitative estimate of drug-likeness (QED) is 0.841. The molecule has 1 saturated carbocycles. The average Bonchev–Trinajstić information content (AvgIpc) is 3.08. The summed E-state index contributed by atoms with van der Waals surface area (Å²) < 4.78 is 5.27. The second-order valence-corrected chi connectivity index (χ2v) is 6.50. The van der Waals surface area contributed by atoms with Crippen LogP contribution in [0.1, 0.15) is 52.9 Å². The van der Waals surface area contributed by atoms with Gasteiger partial charge in [0.05, 0.1) is 0 Å². The summed E-state index contributed by atoms with van der Waals surface area (Å²) in [7, 11) is 0. The number of nitrogens with one attached hydrogen (secondary N) is 1. The van der Waals surface area contributed by atoms with Gasteiger partial charge in [-0.2, -0.15) is 0 Å². The summed E-state index contributed by atoms with van der Waals surface area (Å²) >= 11 is 0. The highest BCUT2D eigenvalue weighted by molar-refractivity contribution is 5.67. The third-order valence-electron chi connectivity index (χ3n) is 3.57. The van der Waals surface area contributed by atoms with Crippen LogP contribution in [-0.2, 0) is 4.74 Å². The van der Waals surface area contributed by atoms with Crippen molar-refractivity contribution in [1.82, 2.24) is 10.2 Å². The molecular weight excluding hydrogens is 228 g/mol. The predicted octanol–water partition coefficient (Wildman–Crippen LogP) is 2.53. The number of nitrogens with zero attached hydrogens (tertiary/aromatic N) is 1. The molecule has 2 rings (SSSR count). The second-order valence-electron chi connectivity index (χ2n) is 6.50. The Morgan fingerprint density at radius 3 is 2.61 bits per heavy atom. The van der Waals surface area contributed by atoms with Gasteiger partial charge < -0.3 is 10.1 Å². The second kappa shape index (κ2) is 5.47. The van der Waals surface area contributed by atoms with Crippen LogP contribution in [-0.4, -0.2) is 41.8 Å². The zero-order chi connectivity index (χ0) is 13.2. The summed E-state index contributed by atoms with van der Waals surface area (Å²) in [4.78, 5) is 14.2. The predicted molar refractivity (Wildman–Crippen MR) is 71.6 cm³/mol. The van der Waals surface area contributed by atoms with E-state index in [1.807, 2.05) is 20.8 Å². The molecule has 1 saturated heterocycles. The molecule has 1 unspecified atom stereocenters. The number of piperidine rings is 1. The van der Waals surface area contributed by atoms with Crippen molar-refractivity contribution in [2.24, 2.45) is 0 Å². The van der Waals surface area contributed by atoms with E-state index in [1.54, 1.807) is 0 Å². The fraction of sp³-hybridized carbons (Fsp3) is 0.929. The van der Waals surface area contributed by atoms with Crippen LogP contribution < -0.4 is 5.32 Å². The van der Waals surface area contributed by atoms with Crippen LogP contribution in [0.15, 0.2) is 0 Å². The lowest BCUT2D eigenvalue weighted by Gasteiger charge is -2.36. The molecule has 1 heterocycles. The van der Waals surface area contributed by atoms with Gasteiger partial charge in [-0.05, 0) is 53.0 Å². The van der Waals surface area contributed by atoms with Gasteiger partial charge in [-0.25, -0.2) is 4.79 Å². The fourth-order valence-corrected chi connectivity index (χ4v) is 2.64. The van der Waals surface area contributed by atoms with E-state index in [4.69, 9.17) is 4.74 Å². The Hall–Kier alpha value is -0.770. The highest BCUT2D eigenvalue weighted by atomic mass is 16.6. The van der Waals surface area contributed by atoms with Crippen molar-refractivity contribution >= 4 is 6.09 Å². The van der Waals surface area contributed by atoms with Gasteiger partial charge in [0.25, 0.3) is 0 Å². The summed E-state index contributed by atoms with van der Waals surface area (Å²) in [6, 6.07) is 1.30. The molecule has 0 aromatic heterocycles. The van der Waals surface area contributed by atoms with Gasteiger partial charge in [0.1, 0.15) is 5.60 Å². The van der Waals surface area contributed by atoms with Crippen LogP contribution in [0.4, 0.5) is 4.79 Å². The smallest absolute Gasteiger partial charge is 0.407 e. The summed E-state index contributed by atoms with van der Waals surface area (Å²) in [6.45, 7) is 7.60. The molecule has 1 amide bonds. The number of rotatable bonds is 3. The Morgan fingerprint density at radius 2 is 2.00 bits per heavy atom. The summed E-state index contributed by atoms with van der Waals surface area (Å²) in [5, 5.41) is 2.92. The molecule has 1 aliphatic carbocycles. The van der Waals surface area contributed by atoms with E-state index in [0.29, 0.717) is 6.04 Å². The van der Waals surface area contributed by atoms with E-state index in [2.05, 4.69) is 10.2 Å². The van der Waals surface area contributed by atoms with Gasteiger partial charge in [0.15, 0.2) is 0 Å². The molecule has 0 spiro atoms. The van der Waals surface area contributed by atoms with Crippen molar-refractivity contribution in [2.75, 3.05) is 13.1 Å². The normalized spacial score (nSPS) is 25.8. The van der Waals surface area contributed by atoms with Crippen LogP contribution in [0.2, 0.25) is 0 Å². The average molecular weight is 254 g/mol. The number of amides is 1. The monoisotopic (exact) mass is 254 g/mol. The van der Waals surface area contributed by atoms with Crippen LogP contribution in [0, 0.1) is 0 Å². The van der Waals surface area contributed by atoms with Crippen LogP contribution in [0.3, 0.4) is 0 Å². The lowest BCUT2D eigenvalue weighted by molar-refractivity contribution is 0.0491. The van der Waals surface area contributed by atoms with Crippen molar-refractivity contribution in [3.8, 4) is 0 Å². The number of hydrogen-bond acceptors (Lipinski definition) is 3. The number of likely N-dealkylation sites (tertiary alicyclic amines) is 1. The van der Waals surface area contributed by atoms with Gasteiger partial charge in [0.2, 0.25) is 0 Å². The largest absolute Gasteiger partial charge is 0.444 e. The molecule has 18 heavy (non-hydrogen) atoms. The van der Waals surface area contributed by atoms with Gasteiger partial charge in [-0.15, -0.1) is 0 Å². The Morgan fingerprint density at radius 1 is 1.28 bits per heavy atom. The summed E-state index contributed by atoms with van der Waals surface area (Å²) in [5.41, 5.74) is -0.410.